The Bertz CT molecular complexity index is 293. The summed E-state index contributed by atoms with van der Waals surface area (Å²) in [6, 6.07) is 4.34. The highest BCUT2D eigenvalue weighted by Gasteiger charge is 2.03. The van der Waals surface area contributed by atoms with Gasteiger partial charge in [0.25, 0.3) is 0 Å². The summed E-state index contributed by atoms with van der Waals surface area (Å²) in [5.74, 6) is 0. The van der Waals surface area contributed by atoms with E-state index in [1.165, 1.54) is 11.1 Å². The highest BCUT2D eigenvalue weighted by molar-refractivity contribution is 5.08. The molecule has 1 aromatic rings. The van der Waals surface area contributed by atoms with Crippen LogP contribution in [-0.2, 0) is 6.42 Å². The first-order valence-electron chi connectivity index (χ1n) is 5.47. The van der Waals surface area contributed by atoms with E-state index >= 15 is 0 Å². The summed E-state index contributed by atoms with van der Waals surface area (Å²) >= 11 is 0. The fourth-order valence-electron chi connectivity index (χ4n) is 1.47. The molecule has 2 heteroatoms. The molecule has 82 valence electrons. The van der Waals surface area contributed by atoms with Crippen LogP contribution in [0.4, 0.5) is 0 Å². The Kier molecular flexibility index (Phi) is 5.05. The van der Waals surface area contributed by atoms with E-state index in [9.17, 15) is 0 Å². The molecule has 0 saturated carbocycles. The number of allylic oxidation sites excluding steroid dienone is 1. The molecule has 1 unspecified atom stereocenters. The van der Waals surface area contributed by atoms with E-state index in [0.717, 1.165) is 25.7 Å². The van der Waals surface area contributed by atoms with Crippen molar-refractivity contribution < 1.29 is 0 Å². The first kappa shape index (κ1) is 11.9. The van der Waals surface area contributed by atoms with Crippen LogP contribution in [0, 0.1) is 0 Å². The van der Waals surface area contributed by atoms with Crippen LogP contribution in [0.2, 0.25) is 0 Å². The molecule has 1 atom stereocenters. The first-order chi connectivity index (χ1) is 7.18. The first-order valence-corrected chi connectivity index (χ1v) is 5.47. The van der Waals surface area contributed by atoms with Crippen molar-refractivity contribution in [2.45, 2.75) is 38.6 Å². The molecule has 0 bridgehead atoms. The summed E-state index contributed by atoms with van der Waals surface area (Å²) in [5, 5.41) is 0. The zero-order valence-corrected chi connectivity index (χ0v) is 9.45. The molecule has 0 aliphatic carbocycles. The van der Waals surface area contributed by atoms with Gasteiger partial charge >= 0.3 is 0 Å². The number of hydrogen-bond donors (Lipinski definition) is 1. The molecule has 2 nitrogen and oxygen atoms in total. The Morgan fingerprint density at radius 1 is 1.53 bits per heavy atom. The average Bonchev–Trinajstić information content (AvgIpc) is 2.25. The van der Waals surface area contributed by atoms with Gasteiger partial charge < -0.3 is 5.73 Å². The number of aryl methyl sites for hydroxylation is 1. The van der Waals surface area contributed by atoms with Crippen LogP contribution >= 0.6 is 0 Å². The average molecular weight is 204 g/mol. The maximum atomic E-state index is 6.01. The third-order valence-corrected chi connectivity index (χ3v) is 2.47. The zero-order chi connectivity index (χ0) is 11.1. The molecule has 0 radical (unpaired) electrons. The van der Waals surface area contributed by atoms with Gasteiger partial charge in [0.1, 0.15) is 0 Å². The van der Waals surface area contributed by atoms with Crippen LogP contribution in [0.15, 0.2) is 36.7 Å². The highest BCUT2D eigenvalue weighted by Crippen LogP contribution is 2.08. The molecule has 15 heavy (non-hydrogen) atoms. The fourth-order valence-corrected chi connectivity index (χ4v) is 1.47. The second-order valence-electron chi connectivity index (χ2n) is 4.16. The summed E-state index contributed by atoms with van der Waals surface area (Å²) in [7, 11) is 0. The second-order valence-corrected chi connectivity index (χ2v) is 4.16. The lowest BCUT2D eigenvalue weighted by atomic mass is 10.0. The lowest BCUT2D eigenvalue weighted by Gasteiger charge is -2.10. The van der Waals surface area contributed by atoms with Crippen LogP contribution < -0.4 is 5.73 Å². The number of hydrogen-bond acceptors (Lipinski definition) is 2. The summed E-state index contributed by atoms with van der Waals surface area (Å²) in [5.41, 5.74) is 8.49. The standard InChI is InChI=1S/C13H20N2/c1-11(2)5-7-13(14)8-6-12-4-3-9-15-10-12/h3-4,9-10,13H,1,5-8,14H2,2H3. The molecule has 0 aliphatic rings. The minimum absolute atomic E-state index is 0.280. The van der Waals surface area contributed by atoms with Crippen molar-refractivity contribution in [2.24, 2.45) is 5.73 Å². The third kappa shape index (κ3) is 5.33. The molecular weight excluding hydrogens is 184 g/mol. The van der Waals surface area contributed by atoms with E-state index < -0.39 is 0 Å². The lowest BCUT2D eigenvalue weighted by Crippen LogP contribution is -2.20. The van der Waals surface area contributed by atoms with Gasteiger partial charge in [0, 0.05) is 18.4 Å². The summed E-state index contributed by atoms with van der Waals surface area (Å²) in [4.78, 5) is 4.08. The molecule has 0 spiro atoms. The highest BCUT2D eigenvalue weighted by atomic mass is 14.6. The largest absolute Gasteiger partial charge is 0.328 e. The van der Waals surface area contributed by atoms with Gasteiger partial charge in [0.15, 0.2) is 0 Å². The Morgan fingerprint density at radius 3 is 2.93 bits per heavy atom. The zero-order valence-electron chi connectivity index (χ0n) is 9.45. The molecule has 1 heterocycles. The van der Waals surface area contributed by atoms with Crippen molar-refractivity contribution in [3.63, 3.8) is 0 Å². The molecule has 1 rings (SSSR count). The number of aromatic nitrogens is 1. The minimum Gasteiger partial charge on any atom is -0.328 e. The van der Waals surface area contributed by atoms with Gasteiger partial charge in [0.05, 0.1) is 0 Å². The number of nitrogens with zero attached hydrogens (tertiary/aromatic N) is 1. The maximum absolute atomic E-state index is 6.01. The SMILES string of the molecule is C=C(C)CCC(N)CCc1cccnc1. The predicted molar refractivity (Wildman–Crippen MR) is 64.6 cm³/mol. The van der Waals surface area contributed by atoms with Gasteiger partial charge in [-0.3, -0.25) is 4.98 Å². The van der Waals surface area contributed by atoms with Crippen molar-refractivity contribution >= 4 is 0 Å². The molecule has 0 saturated heterocycles. The second kappa shape index (κ2) is 6.36. The summed E-state index contributed by atoms with van der Waals surface area (Å²) in [6.07, 6.45) is 7.82. The van der Waals surface area contributed by atoms with Gasteiger partial charge in [-0.2, -0.15) is 0 Å². The van der Waals surface area contributed by atoms with Crippen molar-refractivity contribution in [3.05, 3.63) is 42.2 Å². The Hall–Kier alpha value is -1.15. The van der Waals surface area contributed by atoms with Crippen LogP contribution in [0.3, 0.4) is 0 Å². The Labute approximate surface area is 92.2 Å². The number of nitrogens with two attached hydrogens (primary N) is 1. The van der Waals surface area contributed by atoms with Crippen LogP contribution in [0.25, 0.3) is 0 Å². The van der Waals surface area contributed by atoms with E-state index in [0.29, 0.717) is 0 Å². The topological polar surface area (TPSA) is 38.9 Å². The third-order valence-electron chi connectivity index (χ3n) is 2.47. The molecule has 0 fully saturated rings. The van der Waals surface area contributed by atoms with Gasteiger partial charge in [0.2, 0.25) is 0 Å². The van der Waals surface area contributed by atoms with Crippen LogP contribution in [0.5, 0.6) is 0 Å². The smallest absolute Gasteiger partial charge is 0.0299 e. The fraction of sp³-hybridized carbons (Fsp3) is 0.462. The van der Waals surface area contributed by atoms with Gasteiger partial charge in [-0.15, -0.1) is 6.58 Å². The lowest BCUT2D eigenvalue weighted by molar-refractivity contribution is 0.567. The summed E-state index contributed by atoms with van der Waals surface area (Å²) < 4.78 is 0. The van der Waals surface area contributed by atoms with Gasteiger partial charge in [-0.1, -0.05) is 11.6 Å². The minimum atomic E-state index is 0.280. The van der Waals surface area contributed by atoms with Crippen molar-refractivity contribution in [3.8, 4) is 0 Å². The van der Waals surface area contributed by atoms with E-state index in [1.807, 2.05) is 19.2 Å². The quantitative estimate of drug-likeness (QED) is 0.724. The van der Waals surface area contributed by atoms with Crippen LogP contribution in [-0.4, -0.2) is 11.0 Å². The predicted octanol–water partition coefficient (Wildman–Crippen LogP) is 2.70. The Balaban J connectivity index is 2.22. The molecule has 0 aliphatic heterocycles. The molecule has 0 aromatic carbocycles. The molecular formula is C13H20N2. The summed E-state index contributed by atoms with van der Waals surface area (Å²) in [6.45, 7) is 5.93. The van der Waals surface area contributed by atoms with E-state index in [-0.39, 0.29) is 6.04 Å². The molecule has 1 aromatic heterocycles. The van der Waals surface area contributed by atoms with Crippen molar-refractivity contribution in [2.75, 3.05) is 0 Å². The molecule has 2 N–H and O–H groups in total. The normalized spacial score (nSPS) is 12.4. The van der Waals surface area contributed by atoms with E-state index in [2.05, 4.69) is 17.6 Å². The van der Waals surface area contributed by atoms with Crippen molar-refractivity contribution in [1.29, 1.82) is 0 Å². The van der Waals surface area contributed by atoms with E-state index in [4.69, 9.17) is 5.73 Å². The van der Waals surface area contributed by atoms with E-state index in [1.54, 1.807) is 6.20 Å². The number of rotatable bonds is 6. The van der Waals surface area contributed by atoms with Gasteiger partial charge in [-0.25, -0.2) is 0 Å². The van der Waals surface area contributed by atoms with Gasteiger partial charge in [-0.05, 0) is 44.2 Å². The number of pyridine rings is 1. The molecule has 0 amide bonds. The van der Waals surface area contributed by atoms with Crippen LogP contribution in [0.1, 0.15) is 31.7 Å². The Morgan fingerprint density at radius 2 is 2.33 bits per heavy atom. The maximum Gasteiger partial charge on any atom is 0.0299 e. The monoisotopic (exact) mass is 204 g/mol. The van der Waals surface area contributed by atoms with Crippen molar-refractivity contribution in [1.82, 2.24) is 4.98 Å².